The molecule has 1 rings (SSSR count). The van der Waals surface area contributed by atoms with Gasteiger partial charge in [-0.15, -0.1) is 0 Å². The highest BCUT2D eigenvalue weighted by atomic mass is 79.9. The van der Waals surface area contributed by atoms with E-state index in [4.69, 9.17) is 0 Å². The van der Waals surface area contributed by atoms with Gasteiger partial charge >= 0.3 is 0 Å². The molecule has 1 heterocycles. The maximum atomic E-state index is 11.6. The summed E-state index contributed by atoms with van der Waals surface area (Å²) in [5.74, 6) is -0.197. The number of nitrogens with zero attached hydrogens (tertiary/aromatic N) is 1. The summed E-state index contributed by atoms with van der Waals surface area (Å²) in [5, 5.41) is 2.66. The quantitative estimate of drug-likeness (QED) is 0.854. The van der Waals surface area contributed by atoms with Gasteiger partial charge in [0, 0.05) is 35.0 Å². The lowest BCUT2D eigenvalue weighted by Gasteiger charge is -2.09. The summed E-state index contributed by atoms with van der Waals surface area (Å²) in [7, 11) is -0.925. The number of hydrogen-bond acceptors (Lipinski definition) is 3. The number of nitrogens with one attached hydrogen (secondary N) is 1. The molecule has 0 aliphatic rings. The van der Waals surface area contributed by atoms with Crippen LogP contribution in [-0.2, 0) is 10.8 Å². The zero-order valence-electron chi connectivity index (χ0n) is 9.07. The van der Waals surface area contributed by atoms with Gasteiger partial charge in [-0.1, -0.05) is 0 Å². The van der Waals surface area contributed by atoms with Crippen LogP contribution in [0.25, 0.3) is 0 Å². The van der Waals surface area contributed by atoms with Gasteiger partial charge in [-0.3, -0.25) is 9.00 Å². The molecule has 0 aliphatic carbocycles. The first kappa shape index (κ1) is 13.3. The maximum absolute atomic E-state index is 11.6. The van der Waals surface area contributed by atoms with E-state index >= 15 is 0 Å². The van der Waals surface area contributed by atoms with Crippen molar-refractivity contribution in [2.24, 2.45) is 0 Å². The van der Waals surface area contributed by atoms with Crippen LogP contribution >= 0.6 is 15.9 Å². The summed E-state index contributed by atoms with van der Waals surface area (Å²) in [6.45, 7) is 2.23. The first-order valence-corrected chi connectivity index (χ1v) is 7.14. The van der Waals surface area contributed by atoms with Crippen LogP contribution in [0.5, 0.6) is 0 Å². The molecule has 0 saturated carbocycles. The zero-order valence-corrected chi connectivity index (χ0v) is 11.5. The summed E-state index contributed by atoms with van der Waals surface area (Å²) >= 11 is 3.19. The Labute approximate surface area is 105 Å². The van der Waals surface area contributed by atoms with Crippen LogP contribution in [0.15, 0.2) is 22.9 Å². The molecule has 0 aromatic carbocycles. The summed E-state index contributed by atoms with van der Waals surface area (Å²) in [6, 6.07) is 3.39. The average molecular weight is 305 g/mol. The molecule has 1 aromatic heterocycles. The van der Waals surface area contributed by atoms with Gasteiger partial charge in [0.25, 0.3) is 5.91 Å². The summed E-state index contributed by atoms with van der Waals surface area (Å²) in [5.41, 5.74) is 0.497. The molecule has 4 nitrogen and oxygen atoms in total. The van der Waals surface area contributed by atoms with Crippen molar-refractivity contribution in [2.75, 3.05) is 12.8 Å². The fraction of sp³-hybridized carbons (Fsp3) is 0.400. The van der Waals surface area contributed by atoms with E-state index in [-0.39, 0.29) is 11.2 Å². The highest BCUT2D eigenvalue weighted by molar-refractivity contribution is 9.10. The van der Waals surface area contributed by atoms with Crippen molar-refractivity contribution in [3.8, 4) is 0 Å². The van der Waals surface area contributed by atoms with E-state index in [1.807, 2.05) is 6.92 Å². The topological polar surface area (TPSA) is 59.1 Å². The molecule has 0 spiro atoms. The Balaban J connectivity index is 2.53. The van der Waals surface area contributed by atoms with Crippen molar-refractivity contribution in [2.45, 2.75) is 12.2 Å². The summed E-state index contributed by atoms with van der Waals surface area (Å²) < 4.78 is 11.8. The third-order valence-corrected chi connectivity index (χ3v) is 3.88. The second kappa shape index (κ2) is 6.10. The number of aromatic nitrogens is 1. The van der Waals surface area contributed by atoms with Crippen LogP contribution in [0.2, 0.25) is 0 Å². The van der Waals surface area contributed by atoms with E-state index in [1.54, 1.807) is 18.4 Å². The number of pyridine rings is 1. The molecule has 0 saturated heterocycles. The van der Waals surface area contributed by atoms with Crippen LogP contribution in [0.1, 0.15) is 17.3 Å². The molecule has 16 heavy (non-hydrogen) atoms. The van der Waals surface area contributed by atoms with Gasteiger partial charge < -0.3 is 5.32 Å². The van der Waals surface area contributed by atoms with Crippen LogP contribution in [-0.4, -0.2) is 33.2 Å². The van der Waals surface area contributed by atoms with Crippen LogP contribution in [0.4, 0.5) is 0 Å². The number of amides is 1. The third-order valence-electron chi connectivity index (χ3n) is 2.11. The Bertz CT molecular complexity index is 394. The Hall–Kier alpha value is -0.750. The molecular weight excluding hydrogens is 292 g/mol. The van der Waals surface area contributed by atoms with Gasteiger partial charge in [-0.2, -0.15) is 0 Å². The highest BCUT2D eigenvalue weighted by Crippen LogP contribution is 2.06. The van der Waals surface area contributed by atoms with Crippen molar-refractivity contribution in [3.63, 3.8) is 0 Å². The molecule has 1 N–H and O–H groups in total. The minimum atomic E-state index is -0.925. The highest BCUT2D eigenvalue weighted by Gasteiger charge is 2.10. The van der Waals surface area contributed by atoms with Crippen molar-refractivity contribution in [3.05, 3.63) is 28.5 Å². The first-order chi connectivity index (χ1) is 7.50. The maximum Gasteiger partial charge on any atom is 0.252 e. The lowest BCUT2D eigenvalue weighted by atomic mass is 10.2. The monoisotopic (exact) mass is 304 g/mol. The fourth-order valence-electron chi connectivity index (χ4n) is 0.966. The average Bonchev–Trinajstić information content (AvgIpc) is 2.26. The molecule has 1 aromatic rings. The van der Waals surface area contributed by atoms with Gasteiger partial charge in [0.05, 0.1) is 5.56 Å². The molecule has 2 unspecified atom stereocenters. The number of rotatable bonds is 4. The second-order valence-electron chi connectivity index (χ2n) is 3.39. The Morgan fingerprint density at radius 3 is 2.81 bits per heavy atom. The van der Waals surface area contributed by atoms with Gasteiger partial charge in [-0.25, -0.2) is 4.98 Å². The summed E-state index contributed by atoms with van der Waals surface area (Å²) in [4.78, 5) is 15.6. The lowest BCUT2D eigenvalue weighted by molar-refractivity contribution is 0.0953. The fourth-order valence-corrected chi connectivity index (χ4v) is 1.52. The van der Waals surface area contributed by atoms with Crippen molar-refractivity contribution in [1.82, 2.24) is 10.3 Å². The van der Waals surface area contributed by atoms with Gasteiger partial charge in [0.15, 0.2) is 0 Å². The van der Waals surface area contributed by atoms with Gasteiger partial charge in [0.2, 0.25) is 0 Å². The summed E-state index contributed by atoms with van der Waals surface area (Å²) in [6.07, 6.45) is 3.12. The van der Waals surface area contributed by atoms with E-state index in [0.717, 1.165) is 0 Å². The molecule has 0 aliphatic heterocycles. The van der Waals surface area contributed by atoms with E-state index in [2.05, 4.69) is 26.2 Å². The number of carbonyl (C=O) groups is 1. The number of hydrogen-bond donors (Lipinski definition) is 1. The van der Waals surface area contributed by atoms with Gasteiger partial charge in [0.1, 0.15) is 4.60 Å². The molecule has 1 amide bonds. The Kier molecular flexibility index (Phi) is 5.08. The minimum Gasteiger partial charge on any atom is -0.351 e. The first-order valence-electron chi connectivity index (χ1n) is 4.72. The second-order valence-corrected chi connectivity index (χ2v) is 6.00. The normalized spacial score (nSPS) is 14.2. The lowest BCUT2D eigenvalue weighted by Crippen LogP contribution is -2.32. The van der Waals surface area contributed by atoms with E-state index < -0.39 is 10.8 Å². The predicted octanol–water partition coefficient (Wildman–Crippen LogP) is 1.34. The zero-order chi connectivity index (χ0) is 12.1. The van der Waals surface area contributed by atoms with Crippen LogP contribution < -0.4 is 5.32 Å². The van der Waals surface area contributed by atoms with Crippen molar-refractivity contribution in [1.29, 1.82) is 0 Å². The molecule has 6 heteroatoms. The van der Waals surface area contributed by atoms with Crippen LogP contribution in [0.3, 0.4) is 0 Å². The number of halogens is 1. The van der Waals surface area contributed by atoms with Crippen molar-refractivity contribution >= 4 is 32.6 Å². The van der Waals surface area contributed by atoms with E-state index in [9.17, 15) is 9.00 Å². The predicted molar refractivity (Wildman–Crippen MR) is 67.8 cm³/mol. The van der Waals surface area contributed by atoms with E-state index in [1.165, 1.54) is 6.20 Å². The molecule has 0 fully saturated rings. The Morgan fingerprint density at radius 2 is 2.31 bits per heavy atom. The molecular formula is C10H13BrN2O2S. The molecule has 0 radical (unpaired) electrons. The molecule has 0 bridgehead atoms. The van der Waals surface area contributed by atoms with Gasteiger partial charge in [-0.05, 0) is 35.0 Å². The largest absolute Gasteiger partial charge is 0.351 e. The smallest absolute Gasteiger partial charge is 0.252 e. The minimum absolute atomic E-state index is 0.0487. The molecule has 88 valence electrons. The third kappa shape index (κ3) is 4.02. The van der Waals surface area contributed by atoms with E-state index in [0.29, 0.717) is 16.7 Å². The standard InChI is InChI=1S/C10H13BrN2O2S/c1-7(16(2)15)5-13-10(14)8-3-4-9(11)12-6-8/h3-4,6-7H,5H2,1-2H3,(H,13,14). The van der Waals surface area contributed by atoms with Crippen molar-refractivity contribution < 1.29 is 9.00 Å². The number of carbonyl (C=O) groups excluding carboxylic acids is 1. The SMILES string of the molecule is CC(CNC(=O)c1ccc(Br)nc1)S(C)=O. The molecule has 2 atom stereocenters. The Morgan fingerprint density at radius 1 is 1.62 bits per heavy atom. The van der Waals surface area contributed by atoms with Crippen LogP contribution in [0, 0.1) is 0 Å².